The summed E-state index contributed by atoms with van der Waals surface area (Å²) in [6, 6.07) is 15.0. The van der Waals surface area contributed by atoms with Crippen LogP contribution in [0, 0.1) is 6.92 Å². The maximum atomic E-state index is 11.9. The van der Waals surface area contributed by atoms with Gasteiger partial charge in [-0.25, -0.2) is 0 Å². The predicted molar refractivity (Wildman–Crippen MR) is 94.8 cm³/mol. The van der Waals surface area contributed by atoms with Gasteiger partial charge >= 0.3 is 11.8 Å². The first-order valence-corrected chi connectivity index (χ1v) is 7.85. The van der Waals surface area contributed by atoms with Gasteiger partial charge in [-0.3, -0.25) is 9.59 Å². The molecule has 122 valence electrons. The molecule has 0 fully saturated rings. The van der Waals surface area contributed by atoms with Crippen molar-refractivity contribution < 1.29 is 9.59 Å². The molecule has 0 aliphatic heterocycles. The van der Waals surface area contributed by atoms with Crippen molar-refractivity contribution in [3.63, 3.8) is 0 Å². The lowest BCUT2D eigenvalue weighted by Crippen LogP contribution is -2.36. The van der Waals surface area contributed by atoms with E-state index < -0.39 is 11.8 Å². The second-order valence-corrected chi connectivity index (χ2v) is 5.64. The van der Waals surface area contributed by atoms with Crippen molar-refractivity contribution in [1.82, 2.24) is 10.3 Å². The van der Waals surface area contributed by atoms with Crippen LogP contribution in [0.25, 0.3) is 10.9 Å². The second-order valence-electron chi connectivity index (χ2n) is 5.64. The number of amides is 2. The summed E-state index contributed by atoms with van der Waals surface area (Å²) in [6.45, 7) is 2.47. The minimum Gasteiger partial charge on any atom is -0.361 e. The number of aromatic nitrogens is 1. The van der Waals surface area contributed by atoms with E-state index >= 15 is 0 Å². The van der Waals surface area contributed by atoms with E-state index in [9.17, 15) is 9.59 Å². The summed E-state index contributed by atoms with van der Waals surface area (Å²) in [5, 5.41) is 6.41. The molecule has 5 nitrogen and oxygen atoms in total. The molecule has 3 aromatic rings. The SMILES string of the molecule is Cc1cccc2[nH]cc(CCNC(=O)C(=O)Nc3ccccc3)c12. The summed E-state index contributed by atoms with van der Waals surface area (Å²) >= 11 is 0. The van der Waals surface area contributed by atoms with Gasteiger partial charge in [-0.05, 0) is 42.7 Å². The smallest absolute Gasteiger partial charge is 0.313 e. The van der Waals surface area contributed by atoms with Gasteiger partial charge in [-0.15, -0.1) is 0 Å². The van der Waals surface area contributed by atoms with Crippen LogP contribution < -0.4 is 10.6 Å². The average molecular weight is 321 g/mol. The summed E-state index contributed by atoms with van der Waals surface area (Å²) in [7, 11) is 0. The molecule has 0 atom stereocenters. The van der Waals surface area contributed by atoms with Crippen molar-refractivity contribution in [3.05, 3.63) is 65.9 Å². The summed E-state index contributed by atoms with van der Waals surface area (Å²) in [5.41, 5.74) is 4.01. The van der Waals surface area contributed by atoms with E-state index in [2.05, 4.69) is 28.6 Å². The largest absolute Gasteiger partial charge is 0.361 e. The number of H-pyrrole nitrogens is 1. The molecular weight excluding hydrogens is 302 g/mol. The molecule has 0 aliphatic carbocycles. The molecule has 24 heavy (non-hydrogen) atoms. The molecule has 0 saturated heterocycles. The Morgan fingerprint density at radius 1 is 1.00 bits per heavy atom. The van der Waals surface area contributed by atoms with E-state index in [1.165, 1.54) is 10.9 Å². The summed E-state index contributed by atoms with van der Waals surface area (Å²) in [6.07, 6.45) is 2.61. The first-order valence-electron chi connectivity index (χ1n) is 7.85. The highest BCUT2D eigenvalue weighted by molar-refractivity contribution is 6.39. The van der Waals surface area contributed by atoms with Gasteiger partial charge in [0.25, 0.3) is 0 Å². The van der Waals surface area contributed by atoms with Crippen LogP contribution in [0.4, 0.5) is 5.69 Å². The lowest BCUT2D eigenvalue weighted by molar-refractivity contribution is -0.136. The number of aromatic amines is 1. The number of rotatable bonds is 4. The number of anilines is 1. The van der Waals surface area contributed by atoms with Gasteiger partial charge in [0.15, 0.2) is 0 Å². The number of nitrogens with one attached hydrogen (secondary N) is 3. The number of hydrogen-bond acceptors (Lipinski definition) is 2. The Labute approximate surface area is 140 Å². The highest BCUT2D eigenvalue weighted by atomic mass is 16.2. The lowest BCUT2D eigenvalue weighted by Gasteiger charge is -2.06. The summed E-state index contributed by atoms with van der Waals surface area (Å²) in [5.74, 6) is -1.29. The Hall–Kier alpha value is -3.08. The molecule has 0 saturated carbocycles. The van der Waals surface area contributed by atoms with E-state index in [4.69, 9.17) is 0 Å². The van der Waals surface area contributed by atoms with Gasteiger partial charge in [0.1, 0.15) is 0 Å². The third kappa shape index (κ3) is 3.46. The Balaban J connectivity index is 1.56. The maximum Gasteiger partial charge on any atom is 0.313 e. The number of hydrogen-bond donors (Lipinski definition) is 3. The number of fused-ring (bicyclic) bond motifs is 1. The van der Waals surface area contributed by atoms with Gasteiger partial charge in [0, 0.05) is 29.3 Å². The highest BCUT2D eigenvalue weighted by Gasteiger charge is 2.13. The third-order valence-corrected chi connectivity index (χ3v) is 3.91. The van der Waals surface area contributed by atoms with Crippen molar-refractivity contribution >= 4 is 28.4 Å². The monoisotopic (exact) mass is 321 g/mol. The van der Waals surface area contributed by atoms with Crippen molar-refractivity contribution in [3.8, 4) is 0 Å². The fourth-order valence-corrected chi connectivity index (χ4v) is 2.75. The van der Waals surface area contributed by atoms with E-state index in [0.717, 1.165) is 11.1 Å². The topological polar surface area (TPSA) is 74.0 Å². The zero-order chi connectivity index (χ0) is 16.9. The Morgan fingerprint density at radius 3 is 2.58 bits per heavy atom. The minimum absolute atomic E-state index is 0.405. The van der Waals surface area contributed by atoms with Gasteiger partial charge in [0.05, 0.1) is 0 Å². The molecule has 0 spiro atoms. The standard InChI is InChI=1S/C19H19N3O2/c1-13-6-5-9-16-17(13)14(12-21-16)10-11-20-18(23)19(24)22-15-7-3-2-4-8-15/h2-9,12,21H,10-11H2,1H3,(H,20,23)(H,22,24). The van der Waals surface area contributed by atoms with Gasteiger partial charge < -0.3 is 15.6 Å². The zero-order valence-corrected chi connectivity index (χ0v) is 13.4. The van der Waals surface area contributed by atoms with Crippen molar-refractivity contribution in [1.29, 1.82) is 0 Å². The van der Waals surface area contributed by atoms with Crippen LogP contribution in [-0.2, 0) is 16.0 Å². The van der Waals surface area contributed by atoms with E-state index in [1.54, 1.807) is 24.3 Å². The molecule has 0 unspecified atom stereocenters. The molecule has 0 radical (unpaired) electrons. The summed E-state index contributed by atoms with van der Waals surface area (Å²) in [4.78, 5) is 26.9. The second kappa shape index (κ2) is 7.00. The predicted octanol–water partition coefficient (Wildman–Crippen LogP) is 2.77. The zero-order valence-electron chi connectivity index (χ0n) is 13.4. The Bertz CT molecular complexity index is 869. The van der Waals surface area contributed by atoms with Crippen LogP contribution in [0.15, 0.2) is 54.7 Å². The summed E-state index contributed by atoms with van der Waals surface area (Å²) < 4.78 is 0. The molecular formula is C19H19N3O2. The lowest BCUT2D eigenvalue weighted by atomic mass is 10.1. The van der Waals surface area contributed by atoms with Crippen LogP contribution in [0.3, 0.4) is 0 Å². The molecule has 1 aromatic heterocycles. The normalized spacial score (nSPS) is 10.5. The molecule has 0 bridgehead atoms. The Morgan fingerprint density at radius 2 is 1.79 bits per heavy atom. The quantitative estimate of drug-likeness (QED) is 0.646. The molecule has 2 amide bonds. The average Bonchev–Trinajstić information content (AvgIpc) is 3.00. The minimum atomic E-state index is -0.656. The molecule has 3 rings (SSSR count). The van der Waals surface area contributed by atoms with Crippen LogP contribution in [0.5, 0.6) is 0 Å². The van der Waals surface area contributed by atoms with Crippen molar-refractivity contribution in [2.45, 2.75) is 13.3 Å². The van der Waals surface area contributed by atoms with Crippen molar-refractivity contribution in [2.24, 2.45) is 0 Å². The number of para-hydroxylation sites is 1. The van der Waals surface area contributed by atoms with Crippen LogP contribution in [-0.4, -0.2) is 23.3 Å². The van der Waals surface area contributed by atoms with E-state index in [1.807, 2.05) is 24.4 Å². The van der Waals surface area contributed by atoms with Crippen molar-refractivity contribution in [2.75, 3.05) is 11.9 Å². The maximum absolute atomic E-state index is 11.9. The van der Waals surface area contributed by atoms with Crippen LogP contribution in [0.2, 0.25) is 0 Å². The van der Waals surface area contributed by atoms with Crippen LogP contribution >= 0.6 is 0 Å². The molecule has 0 aliphatic rings. The third-order valence-electron chi connectivity index (χ3n) is 3.91. The molecule has 2 aromatic carbocycles. The number of benzene rings is 2. The van der Waals surface area contributed by atoms with E-state index in [-0.39, 0.29) is 0 Å². The fourth-order valence-electron chi connectivity index (χ4n) is 2.75. The Kier molecular flexibility index (Phi) is 4.61. The van der Waals surface area contributed by atoms with E-state index in [0.29, 0.717) is 18.7 Å². The fraction of sp³-hybridized carbons (Fsp3) is 0.158. The number of carbonyl (C=O) groups is 2. The van der Waals surface area contributed by atoms with Gasteiger partial charge in [-0.1, -0.05) is 30.3 Å². The first kappa shape index (κ1) is 15.8. The highest BCUT2D eigenvalue weighted by Crippen LogP contribution is 2.22. The number of aryl methyl sites for hydroxylation is 1. The van der Waals surface area contributed by atoms with Crippen LogP contribution in [0.1, 0.15) is 11.1 Å². The van der Waals surface area contributed by atoms with Gasteiger partial charge in [0.2, 0.25) is 0 Å². The number of carbonyl (C=O) groups excluding carboxylic acids is 2. The molecule has 3 N–H and O–H groups in total. The first-order chi connectivity index (χ1) is 11.6. The molecule has 1 heterocycles. The molecule has 5 heteroatoms. The van der Waals surface area contributed by atoms with Gasteiger partial charge in [-0.2, -0.15) is 0 Å².